The lowest BCUT2D eigenvalue weighted by Gasteiger charge is -2.41. The zero-order chi connectivity index (χ0) is 31.2. The van der Waals surface area contributed by atoms with E-state index in [1.54, 1.807) is 51.1 Å². The molecule has 2 aromatic rings. The molecule has 16 heteroatoms. The minimum atomic E-state index is -4.88. The Hall–Kier alpha value is -4.41. The van der Waals surface area contributed by atoms with Crippen LogP contribution in [0.1, 0.15) is 32.8 Å². The summed E-state index contributed by atoms with van der Waals surface area (Å²) in [5, 5.41) is 23.0. The lowest BCUT2D eigenvalue weighted by Crippen LogP contribution is -2.58. The number of nitro groups is 2. The summed E-state index contributed by atoms with van der Waals surface area (Å²) in [5.41, 5.74) is 4.39. The number of benzene rings is 2. The van der Waals surface area contributed by atoms with Crippen LogP contribution < -0.4 is 5.73 Å². The maximum atomic E-state index is 14.1. The van der Waals surface area contributed by atoms with E-state index in [9.17, 15) is 38.2 Å². The third-order valence-electron chi connectivity index (χ3n) is 6.04. The van der Waals surface area contributed by atoms with Gasteiger partial charge in [0.05, 0.1) is 17.6 Å². The van der Waals surface area contributed by atoms with Crippen molar-refractivity contribution in [1.29, 1.82) is 0 Å². The molecule has 1 aliphatic heterocycles. The van der Waals surface area contributed by atoms with Crippen molar-refractivity contribution in [2.45, 2.75) is 56.4 Å². The first-order chi connectivity index (χ1) is 19.6. The molecule has 0 saturated heterocycles. The maximum Gasteiger partial charge on any atom is 0.411 e. The number of nitro benzene ring substituents is 1. The molecule has 2 aromatic carbocycles. The lowest BCUT2D eigenvalue weighted by atomic mass is 9.95. The van der Waals surface area contributed by atoms with Gasteiger partial charge in [-0.2, -0.15) is 0 Å². The van der Waals surface area contributed by atoms with Crippen LogP contribution in [0, 0.1) is 20.2 Å². The summed E-state index contributed by atoms with van der Waals surface area (Å²) in [6.45, 7) is 3.19. The van der Waals surface area contributed by atoms with Crippen molar-refractivity contribution in [1.82, 2.24) is 9.37 Å². The van der Waals surface area contributed by atoms with Gasteiger partial charge >= 0.3 is 6.09 Å². The summed E-state index contributed by atoms with van der Waals surface area (Å²) in [7, 11) is -4.88. The van der Waals surface area contributed by atoms with Crippen LogP contribution in [0.3, 0.4) is 0 Å². The van der Waals surface area contributed by atoms with Crippen LogP contribution in [0.4, 0.5) is 10.5 Å². The zero-order valence-corrected chi connectivity index (χ0v) is 23.9. The van der Waals surface area contributed by atoms with Gasteiger partial charge in [0, 0.05) is 24.0 Å². The van der Waals surface area contributed by atoms with Gasteiger partial charge in [0.15, 0.2) is 4.90 Å². The third kappa shape index (κ3) is 7.86. The monoisotopic (exact) mass is 605 g/mol. The number of sulfonamides is 1. The number of carbonyl (C=O) groups is 2. The van der Waals surface area contributed by atoms with Crippen LogP contribution in [0.2, 0.25) is 0 Å². The highest BCUT2D eigenvalue weighted by Crippen LogP contribution is 2.33. The van der Waals surface area contributed by atoms with E-state index in [-0.39, 0.29) is 18.6 Å². The lowest BCUT2D eigenvalue weighted by molar-refractivity contribution is -0.479. The van der Waals surface area contributed by atoms with Crippen molar-refractivity contribution in [2.75, 3.05) is 13.1 Å². The predicted molar refractivity (Wildman–Crippen MR) is 148 cm³/mol. The molecule has 0 saturated carbocycles. The van der Waals surface area contributed by atoms with Crippen LogP contribution in [0.25, 0.3) is 0 Å². The number of carbonyl (C=O) groups excluding carboxylic acids is 2. The number of primary amides is 1. The summed E-state index contributed by atoms with van der Waals surface area (Å²) in [6, 6.07) is 10.1. The number of hydrogen-bond acceptors (Lipinski definition) is 10. The number of rotatable bonds is 11. The van der Waals surface area contributed by atoms with Crippen molar-refractivity contribution >= 4 is 27.7 Å². The number of amides is 2. The smallest absolute Gasteiger partial charge is 0.411 e. The first-order valence-corrected chi connectivity index (χ1v) is 14.1. The van der Waals surface area contributed by atoms with E-state index in [2.05, 4.69) is 0 Å². The van der Waals surface area contributed by atoms with E-state index in [1.165, 1.54) is 12.1 Å². The number of ether oxygens (including phenoxy) is 1. The Labute approximate surface area is 241 Å². The van der Waals surface area contributed by atoms with E-state index in [0.717, 1.165) is 23.1 Å². The summed E-state index contributed by atoms with van der Waals surface area (Å²) in [6.07, 6.45) is -0.189. The van der Waals surface area contributed by atoms with Gasteiger partial charge in [0.1, 0.15) is 11.6 Å². The molecule has 3 rings (SSSR count). The van der Waals surface area contributed by atoms with E-state index in [1.807, 2.05) is 0 Å². The molecule has 42 heavy (non-hydrogen) atoms. The van der Waals surface area contributed by atoms with Gasteiger partial charge in [0.2, 0.25) is 12.5 Å². The summed E-state index contributed by atoms with van der Waals surface area (Å²) in [5.74, 6) is -0.990. The van der Waals surface area contributed by atoms with Gasteiger partial charge in [-0.3, -0.25) is 34.8 Å². The fraction of sp³-hybridized carbons (Fsp3) is 0.385. The number of nitrogens with zero attached hydrogens (tertiary/aromatic N) is 4. The molecule has 1 unspecified atom stereocenters. The van der Waals surface area contributed by atoms with Gasteiger partial charge < -0.3 is 10.5 Å². The van der Waals surface area contributed by atoms with E-state index >= 15 is 0 Å². The first kappa shape index (κ1) is 32.1. The molecule has 2 amide bonds. The molecule has 0 aromatic heterocycles. The van der Waals surface area contributed by atoms with E-state index in [4.69, 9.17) is 15.3 Å². The third-order valence-corrected chi connectivity index (χ3v) is 7.78. The van der Waals surface area contributed by atoms with E-state index < -0.39 is 73.2 Å². The molecule has 15 nitrogen and oxygen atoms in total. The number of hydrogen-bond donors (Lipinski definition) is 1. The van der Waals surface area contributed by atoms with Crippen molar-refractivity contribution < 1.29 is 37.4 Å². The number of hydroxylamine groups is 1. The molecule has 0 spiro atoms. The first-order valence-electron chi connectivity index (χ1n) is 12.7. The molecule has 1 heterocycles. The SMILES string of the molecule is CC(C)(C)OC(=O)N1CC(N(OCc2ccccc2)S(=O)(=O)c2ccccc2[N+](=O)[O-])C(CC[N+](=O)[O-])=C[C@H]1C(N)=O. The maximum absolute atomic E-state index is 14.1. The van der Waals surface area contributed by atoms with Gasteiger partial charge in [-0.05, 0) is 38.0 Å². The van der Waals surface area contributed by atoms with Crippen molar-refractivity contribution in [3.63, 3.8) is 0 Å². The van der Waals surface area contributed by atoms with Crippen molar-refractivity contribution in [3.05, 3.63) is 92.0 Å². The quantitative estimate of drug-likeness (QED) is 0.225. The molecule has 1 aliphatic rings. The summed E-state index contributed by atoms with van der Waals surface area (Å²) in [4.78, 5) is 53.1. The second-order valence-corrected chi connectivity index (χ2v) is 12.0. The van der Waals surface area contributed by atoms with Crippen LogP contribution in [-0.2, 0) is 31.0 Å². The molecule has 0 fully saturated rings. The predicted octanol–water partition coefficient (Wildman–Crippen LogP) is 2.78. The Morgan fingerprint density at radius 2 is 1.69 bits per heavy atom. The molecule has 0 aliphatic carbocycles. The number of nitrogens with two attached hydrogens (primary N) is 1. The largest absolute Gasteiger partial charge is 0.444 e. The highest BCUT2D eigenvalue weighted by Gasteiger charge is 2.45. The van der Waals surface area contributed by atoms with Crippen LogP contribution in [0.15, 0.2) is 71.1 Å². The Balaban J connectivity index is 2.20. The highest BCUT2D eigenvalue weighted by atomic mass is 32.2. The van der Waals surface area contributed by atoms with Gasteiger partial charge in [-0.15, -0.1) is 0 Å². The summed E-state index contributed by atoms with van der Waals surface area (Å²) >= 11 is 0. The standard InChI is InChI=1S/C26H31N5O10S/c1-26(2,3)41-25(33)28-16-22(19(13-14-29(34)35)15-21(28)24(27)32)31(40-17-18-9-5-4-6-10-18)42(38,39)23-12-8-7-11-20(23)30(36)37/h4-12,15,21-22H,13-14,16-17H2,1-3H3,(H2,27,32)/t21-,22?/m0/s1. The van der Waals surface area contributed by atoms with Gasteiger partial charge in [0.25, 0.3) is 15.7 Å². The van der Waals surface area contributed by atoms with Crippen molar-refractivity contribution in [2.24, 2.45) is 5.73 Å². The Bertz CT molecular complexity index is 1470. The van der Waals surface area contributed by atoms with Gasteiger partial charge in [-0.25, -0.2) is 13.2 Å². The highest BCUT2D eigenvalue weighted by molar-refractivity contribution is 7.89. The molecular weight excluding hydrogens is 574 g/mol. The van der Waals surface area contributed by atoms with Gasteiger partial charge in [-0.1, -0.05) is 53.0 Å². The van der Waals surface area contributed by atoms with Crippen LogP contribution >= 0.6 is 0 Å². The molecular formula is C26H31N5O10S. The Morgan fingerprint density at radius 3 is 2.26 bits per heavy atom. The average molecular weight is 606 g/mol. The number of para-hydroxylation sites is 1. The Kier molecular flexibility index (Phi) is 9.98. The van der Waals surface area contributed by atoms with Crippen LogP contribution in [0.5, 0.6) is 0 Å². The second-order valence-electron chi connectivity index (χ2n) is 10.3. The molecule has 2 N–H and O–H groups in total. The molecule has 226 valence electrons. The minimum absolute atomic E-state index is 0.0468. The Morgan fingerprint density at radius 1 is 1.07 bits per heavy atom. The zero-order valence-electron chi connectivity index (χ0n) is 23.1. The molecule has 0 radical (unpaired) electrons. The molecule has 0 bridgehead atoms. The normalized spacial score (nSPS) is 17.4. The summed E-state index contributed by atoms with van der Waals surface area (Å²) < 4.78 is 34.1. The van der Waals surface area contributed by atoms with Crippen LogP contribution in [-0.4, -0.2) is 70.4 Å². The van der Waals surface area contributed by atoms with E-state index in [0.29, 0.717) is 10.0 Å². The second kappa shape index (κ2) is 13.1. The fourth-order valence-electron chi connectivity index (χ4n) is 4.20. The fourth-order valence-corrected chi connectivity index (χ4v) is 5.78. The minimum Gasteiger partial charge on any atom is -0.444 e. The topological polar surface area (TPSA) is 206 Å². The average Bonchev–Trinajstić information content (AvgIpc) is 2.91. The van der Waals surface area contributed by atoms with Crippen molar-refractivity contribution in [3.8, 4) is 0 Å². The molecule has 2 atom stereocenters.